The fraction of sp³-hybridized carbons (Fsp3) is 0.412. The highest BCUT2D eigenvalue weighted by Crippen LogP contribution is 2.21. The molecule has 0 atom stereocenters. The van der Waals surface area contributed by atoms with E-state index in [1.807, 2.05) is 0 Å². The predicted octanol–water partition coefficient (Wildman–Crippen LogP) is 2.82. The van der Waals surface area contributed by atoms with Gasteiger partial charge < -0.3 is 14.1 Å². The zero-order valence-electron chi connectivity index (χ0n) is 12.6. The van der Waals surface area contributed by atoms with Crippen LogP contribution < -0.4 is 10.4 Å². The number of ether oxygens (including phenoxy) is 1. The van der Waals surface area contributed by atoms with Crippen LogP contribution in [0.1, 0.15) is 36.0 Å². The first kappa shape index (κ1) is 14.6. The normalized spacial score (nSPS) is 15.6. The summed E-state index contributed by atoms with van der Waals surface area (Å²) in [5.41, 5.74) is -0.0497. The van der Waals surface area contributed by atoms with Crippen LogP contribution in [-0.2, 0) is 0 Å². The molecule has 2 heterocycles. The Morgan fingerprint density at radius 3 is 2.55 bits per heavy atom. The van der Waals surface area contributed by atoms with Crippen molar-refractivity contribution in [1.82, 2.24) is 4.90 Å². The summed E-state index contributed by atoms with van der Waals surface area (Å²) in [5.74, 6) is 0.385. The first-order chi connectivity index (χ1) is 10.7. The number of benzene rings is 1. The van der Waals surface area contributed by atoms with Gasteiger partial charge in [0.2, 0.25) is 0 Å². The van der Waals surface area contributed by atoms with Crippen LogP contribution >= 0.6 is 0 Å². The van der Waals surface area contributed by atoms with Crippen molar-refractivity contribution >= 4 is 16.9 Å². The maximum absolute atomic E-state index is 12.6. The fourth-order valence-corrected chi connectivity index (χ4v) is 2.81. The second-order valence-corrected chi connectivity index (χ2v) is 5.56. The first-order valence-corrected chi connectivity index (χ1v) is 7.60. The lowest BCUT2D eigenvalue weighted by Gasteiger charge is -2.19. The van der Waals surface area contributed by atoms with Crippen LogP contribution in [0.25, 0.3) is 11.0 Å². The summed E-state index contributed by atoms with van der Waals surface area (Å²) >= 11 is 0. The van der Waals surface area contributed by atoms with Crippen LogP contribution in [0.15, 0.2) is 33.5 Å². The Bertz CT molecular complexity index is 742. The molecule has 0 spiro atoms. The Morgan fingerprint density at radius 1 is 1.14 bits per heavy atom. The molecule has 1 aromatic heterocycles. The molecular formula is C17H19NO4. The van der Waals surface area contributed by atoms with E-state index in [9.17, 15) is 9.59 Å². The molecule has 22 heavy (non-hydrogen) atoms. The SMILES string of the molecule is COc1ccc2cc(C(=O)N3CCCCCC3)c(=O)oc2c1. The van der Waals surface area contributed by atoms with Crippen LogP contribution in [-0.4, -0.2) is 31.0 Å². The van der Waals surface area contributed by atoms with Gasteiger partial charge in [-0.15, -0.1) is 0 Å². The summed E-state index contributed by atoms with van der Waals surface area (Å²) in [6.07, 6.45) is 4.25. The minimum atomic E-state index is -0.588. The average molecular weight is 301 g/mol. The van der Waals surface area contributed by atoms with E-state index >= 15 is 0 Å². The van der Waals surface area contributed by atoms with E-state index in [1.165, 1.54) is 0 Å². The molecule has 1 saturated heterocycles. The van der Waals surface area contributed by atoms with Crippen LogP contribution in [0.5, 0.6) is 5.75 Å². The largest absolute Gasteiger partial charge is 0.497 e. The van der Waals surface area contributed by atoms with Gasteiger partial charge in [-0.3, -0.25) is 4.79 Å². The van der Waals surface area contributed by atoms with Gasteiger partial charge in [0.25, 0.3) is 5.91 Å². The molecule has 5 heteroatoms. The number of hydrogen-bond acceptors (Lipinski definition) is 4. The van der Waals surface area contributed by atoms with Gasteiger partial charge in [0.05, 0.1) is 7.11 Å². The standard InChI is InChI=1S/C17H19NO4/c1-21-13-7-6-12-10-14(17(20)22-15(12)11-13)16(19)18-8-4-2-3-5-9-18/h6-7,10-11H,2-5,8-9H2,1H3. The highest BCUT2D eigenvalue weighted by Gasteiger charge is 2.21. The smallest absolute Gasteiger partial charge is 0.349 e. The van der Waals surface area contributed by atoms with E-state index in [4.69, 9.17) is 9.15 Å². The van der Waals surface area contributed by atoms with E-state index in [0.717, 1.165) is 31.1 Å². The third-order valence-electron chi connectivity index (χ3n) is 4.07. The lowest BCUT2D eigenvalue weighted by atomic mass is 10.1. The van der Waals surface area contributed by atoms with E-state index in [0.29, 0.717) is 24.4 Å². The fourth-order valence-electron chi connectivity index (χ4n) is 2.81. The molecule has 0 unspecified atom stereocenters. The second-order valence-electron chi connectivity index (χ2n) is 5.56. The third-order valence-corrected chi connectivity index (χ3v) is 4.07. The van der Waals surface area contributed by atoms with E-state index in [-0.39, 0.29) is 11.5 Å². The van der Waals surface area contributed by atoms with Gasteiger partial charge in [0.1, 0.15) is 16.9 Å². The molecule has 0 saturated carbocycles. The summed E-state index contributed by atoms with van der Waals surface area (Å²) in [6.45, 7) is 1.41. The first-order valence-electron chi connectivity index (χ1n) is 7.60. The molecule has 5 nitrogen and oxygen atoms in total. The predicted molar refractivity (Wildman–Crippen MR) is 83.4 cm³/mol. The average Bonchev–Trinajstić information content (AvgIpc) is 2.82. The highest BCUT2D eigenvalue weighted by atomic mass is 16.5. The molecule has 0 aliphatic carbocycles. The van der Waals surface area contributed by atoms with Crippen molar-refractivity contribution in [2.45, 2.75) is 25.7 Å². The van der Waals surface area contributed by atoms with Gasteiger partial charge >= 0.3 is 5.63 Å². The molecule has 3 rings (SSSR count). The molecular weight excluding hydrogens is 282 g/mol. The number of nitrogens with zero attached hydrogens (tertiary/aromatic N) is 1. The van der Waals surface area contributed by atoms with Gasteiger partial charge in [0.15, 0.2) is 0 Å². The van der Waals surface area contributed by atoms with Crippen LogP contribution in [0.4, 0.5) is 0 Å². The number of rotatable bonds is 2. The number of hydrogen-bond donors (Lipinski definition) is 0. The van der Waals surface area contributed by atoms with Crippen molar-refractivity contribution in [2.75, 3.05) is 20.2 Å². The molecule has 1 amide bonds. The van der Waals surface area contributed by atoms with Gasteiger partial charge in [-0.1, -0.05) is 12.8 Å². The van der Waals surface area contributed by atoms with E-state index in [2.05, 4.69) is 0 Å². The summed E-state index contributed by atoms with van der Waals surface area (Å²) in [5, 5.41) is 0.721. The van der Waals surface area contributed by atoms with Gasteiger partial charge in [-0.05, 0) is 31.0 Å². The van der Waals surface area contributed by atoms with E-state index < -0.39 is 5.63 Å². The quantitative estimate of drug-likeness (QED) is 0.800. The number of fused-ring (bicyclic) bond motifs is 1. The number of carbonyl (C=O) groups is 1. The van der Waals surface area contributed by atoms with Crippen molar-refractivity contribution in [2.24, 2.45) is 0 Å². The number of likely N-dealkylation sites (tertiary alicyclic amines) is 1. The van der Waals surface area contributed by atoms with Crippen molar-refractivity contribution in [1.29, 1.82) is 0 Å². The zero-order chi connectivity index (χ0) is 15.5. The molecule has 0 radical (unpaired) electrons. The molecule has 0 N–H and O–H groups in total. The molecule has 1 aliphatic rings. The lowest BCUT2D eigenvalue weighted by molar-refractivity contribution is 0.0757. The number of methoxy groups -OCH3 is 1. The highest BCUT2D eigenvalue weighted by molar-refractivity contribution is 5.96. The summed E-state index contributed by atoms with van der Waals surface area (Å²) < 4.78 is 10.4. The molecule has 116 valence electrons. The zero-order valence-corrected chi connectivity index (χ0v) is 12.6. The topological polar surface area (TPSA) is 59.8 Å². The number of carbonyl (C=O) groups excluding carboxylic acids is 1. The Morgan fingerprint density at radius 2 is 1.86 bits per heavy atom. The Balaban J connectivity index is 1.97. The van der Waals surface area contributed by atoms with Crippen molar-refractivity contribution in [3.8, 4) is 5.75 Å². The van der Waals surface area contributed by atoms with Gasteiger partial charge in [-0.25, -0.2) is 4.79 Å². The third kappa shape index (κ3) is 2.84. The van der Waals surface area contributed by atoms with Gasteiger partial charge in [-0.2, -0.15) is 0 Å². The Labute approximate surface area is 128 Å². The summed E-state index contributed by atoms with van der Waals surface area (Å²) in [7, 11) is 1.55. The molecule has 1 fully saturated rings. The maximum atomic E-state index is 12.6. The van der Waals surface area contributed by atoms with E-state index in [1.54, 1.807) is 36.3 Å². The summed E-state index contributed by atoms with van der Waals surface area (Å²) in [4.78, 5) is 26.5. The van der Waals surface area contributed by atoms with Crippen molar-refractivity contribution < 1.29 is 13.9 Å². The monoisotopic (exact) mass is 301 g/mol. The minimum absolute atomic E-state index is 0.111. The van der Waals surface area contributed by atoms with Crippen molar-refractivity contribution in [3.63, 3.8) is 0 Å². The lowest BCUT2D eigenvalue weighted by Crippen LogP contribution is -2.34. The molecule has 1 aromatic carbocycles. The Hall–Kier alpha value is -2.30. The second kappa shape index (κ2) is 6.22. The molecule has 1 aliphatic heterocycles. The minimum Gasteiger partial charge on any atom is -0.497 e. The summed E-state index contributed by atoms with van der Waals surface area (Å²) in [6, 6.07) is 6.84. The van der Waals surface area contributed by atoms with Crippen LogP contribution in [0.2, 0.25) is 0 Å². The van der Waals surface area contributed by atoms with Crippen LogP contribution in [0, 0.1) is 0 Å². The van der Waals surface area contributed by atoms with Crippen LogP contribution in [0.3, 0.4) is 0 Å². The molecule has 0 bridgehead atoms. The Kier molecular flexibility index (Phi) is 4.13. The number of amides is 1. The molecule has 2 aromatic rings. The maximum Gasteiger partial charge on any atom is 0.349 e. The van der Waals surface area contributed by atoms with Gasteiger partial charge in [0, 0.05) is 24.5 Å². The van der Waals surface area contributed by atoms with Crippen molar-refractivity contribution in [3.05, 3.63) is 40.2 Å².